The maximum atomic E-state index is 14.5. The van der Waals surface area contributed by atoms with Crippen LogP contribution in [-0.2, 0) is 67.3 Å². The Bertz CT molecular complexity index is 4300. The summed E-state index contributed by atoms with van der Waals surface area (Å²) in [6, 6.07) is 43.7. The largest absolute Gasteiger partial charge is 0.419 e. The molecule has 18 heteroatoms. The van der Waals surface area contributed by atoms with Crippen LogP contribution in [0, 0.1) is 0 Å². The summed E-state index contributed by atoms with van der Waals surface area (Å²) >= 11 is 0. The van der Waals surface area contributed by atoms with E-state index < -0.39 is 35.8 Å². The van der Waals surface area contributed by atoms with Crippen molar-refractivity contribution in [3.63, 3.8) is 0 Å². The van der Waals surface area contributed by atoms with Gasteiger partial charge in [0.15, 0.2) is 69.2 Å². The molecular weight excluding hydrogens is 1300 g/mol. The summed E-state index contributed by atoms with van der Waals surface area (Å²) in [7, 11) is 0. The highest BCUT2D eigenvalue weighted by molar-refractivity contribution is 6.27. The lowest BCUT2D eigenvalue weighted by Gasteiger charge is -2.19. The average Bonchev–Trinajstić information content (AvgIpc) is 0.723. The number of esters is 6. The third-order valence-corrected chi connectivity index (χ3v) is 16.1. The third kappa shape index (κ3) is 17.3. The van der Waals surface area contributed by atoms with Gasteiger partial charge in [-0.2, -0.15) is 0 Å². The van der Waals surface area contributed by atoms with Gasteiger partial charge < -0.3 is 28.4 Å². The summed E-state index contributed by atoms with van der Waals surface area (Å²) in [4.78, 5) is 161. The molecule has 0 atom stereocenters. The fourth-order valence-corrected chi connectivity index (χ4v) is 10.6. The minimum atomic E-state index is -0.973. The summed E-state index contributed by atoms with van der Waals surface area (Å²) < 4.78 is 37.1. The highest BCUT2D eigenvalue weighted by atomic mass is 16.6. The molecule has 10 rings (SSSR count). The first kappa shape index (κ1) is 71.0. The van der Waals surface area contributed by atoms with E-state index in [1.54, 1.807) is 72.8 Å². The second-order valence-corrected chi connectivity index (χ2v) is 23.1. The van der Waals surface area contributed by atoms with Crippen molar-refractivity contribution in [2.45, 2.75) is 38.5 Å². The molecule has 0 aliphatic carbocycles. The number of ether oxygens (including phenoxy) is 6. The lowest BCUT2D eigenvalue weighted by molar-refractivity contribution is -0.114. The van der Waals surface area contributed by atoms with Gasteiger partial charge >= 0.3 is 35.8 Å². The van der Waals surface area contributed by atoms with Crippen molar-refractivity contribution < 1.29 is 86.0 Å². The smallest absolute Gasteiger partial charge is 0.343 e. The van der Waals surface area contributed by atoms with Crippen LogP contribution < -0.4 is 28.4 Å². The van der Waals surface area contributed by atoms with E-state index in [0.29, 0.717) is 33.4 Å². The highest BCUT2D eigenvalue weighted by Crippen LogP contribution is 2.48. The summed E-state index contributed by atoms with van der Waals surface area (Å²) in [6.07, 6.45) is 6.91. The number of carbonyl (C=O) groups is 12. The van der Waals surface area contributed by atoms with Crippen molar-refractivity contribution in [2.75, 3.05) is 0 Å². The Balaban J connectivity index is 1.24. The second-order valence-electron chi connectivity index (χ2n) is 23.1. The lowest BCUT2D eigenvalue weighted by atomic mass is 9.93. The van der Waals surface area contributed by atoms with Gasteiger partial charge in [-0.15, -0.1) is 0 Å². The van der Waals surface area contributed by atoms with Crippen molar-refractivity contribution in [3.05, 3.63) is 325 Å². The van der Waals surface area contributed by atoms with Gasteiger partial charge in [-0.25, -0.2) is 28.8 Å². The topological polar surface area (TPSA) is 260 Å². The number of rotatable bonds is 30. The number of fused-ring (bicyclic) bond motifs is 6. The minimum absolute atomic E-state index is 0.0109. The van der Waals surface area contributed by atoms with Gasteiger partial charge in [0.2, 0.25) is 0 Å². The summed E-state index contributed by atoms with van der Waals surface area (Å²) in [6.45, 7) is 21.2. The van der Waals surface area contributed by atoms with Crippen molar-refractivity contribution in [2.24, 2.45) is 0 Å². The molecule has 0 amide bonds. The van der Waals surface area contributed by atoms with Gasteiger partial charge in [0, 0.05) is 38.5 Å². The summed E-state index contributed by atoms with van der Waals surface area (Å²) in [5.41, 5.74) is 3.23. The van der Waals surface area contributed by atoms with E-state index in [2.05, 4.69) is 39.5 Å². The molecule has 0 heterocycles. The lowest BCUT2D eigenvalue weighted by Crippen LogP contribution is -2.14. The quantitative estimate of drug-likeness (QED) is 0.0175. The van der Waals surface area contributed by atoms with Gasteiger partial charge in [-0.3, -0.25) is 28.8 Å². The maximum absolute atomic E-state index is 14.5. The third-order valence-electron chi connectivity index (χ3n) is 16.1. The SMILES string of the molecule is C=CC(=O)Cc1ccc(C(=O)Oc2cc3c4cc(OC(=O)c5ccc(CC(=O)C=C)cc5)c(OC(=O)c5ccc(CC(=O)C=C)cc5)cc4c4cc(OC(=O)c5ccc(CC(=O)C=C)cc5)c(OC(=O)c5ccc(CC(=O)C=C)cc5)cc4c3cc2OC(=O)c2ccc(CC(=O)C=C)cc2)cc1. The molecule has 0 aliphatic heterocycles. The number of hydrogen-bond donors (Lipinski definition) is 0. The van der Waals surface area contributed by atoms with Crippen molar-refractivity contribution >= 4 is 103 Å². The number of carbonyl (C=O) groups excluding carboxylic acids is 12. The van der Waals surface area contributed by atoms with Crippen LogP contribution in [0.15, 0.2) is 258 Å². The van der Waals surface area contributed by atoms with Crippen LogP contribution >= 0.6 is 0 Å². The molecule has 0 unspecified atom stereocenters. The van der Waals surface area contributed by atoms with E-state index in [1.165, 1.54) is 146 Å². The Labute approximate surface area is 583 Å². The Kier molecular flexibility index (Phi) is 22.3. The first-order chi connectivity index (χ1) is 49.1. The number of allylic oxidation sites excluding steroid dienone is 6. The molecule has 0 fully saturated rings. The van der Waals surface area contributed by atoms with Crippen LogP contribution in [0.3, 0.4) is 0 Å². The molecule has 10 aromatic rings. The molecule has 0 N–H and O–H groups in total. The minimum Gasteiger partial charge on any atom is -0.419 e. The van der Waals surface area contributed by atoms with Crippen LogP contribution in [-0.4, -0.2) is 70.5 Å². The van der Waals surface area contributed by atoms with Gasteiger partial charge in [-0.1, -0.05) is 112 Å². The van der Waals surface area contributed by atoms with Crippen molar-refractivity contribution in [1.29, 1.82) is 0 Å². The van der Waals surface area contributed by atoms with E-state index in [9.17, 15) is 57.5 Å². The van der Waals surface area contributed by atoms with Crippen LogP contribution in [0.5, 0.6) is 34.5 Å². The fraction of sp³-hybridized carbons (Fsp3) is 0.0714. The van der Waals surface area contributed by atoms with E-state index in [4.69, 9.17) is 28.4 Å². The molecule has 504 valence electrons. The predicted molar refractivity (Wildman–Crippen MR) is 381 cm³/mol. The van der Waals surface area contributed by atoms with Crippen LogP contribution in [0.4, 0.5) is 0 Å². The van der Waals surface area contributed by atoms with Gasteiger partial charge in [0.1, 0.15) is 0 Å². The molecule has 18 nitrogen and oxygen atoms in total. The van der Waals surface area contributed by atoms with E-state index in [-0.39, 0.29) is 173 Å². The molecule has 0 bridgehead atoms. The zero-order valence-corrected chi connectivity index (χ0v) is 54.6. The zero-order valence-electron chi connectivity index (χ0n) is 54.6. The number of benzene rings is 10. The van der Waals surface area contributed by atoms with Crippen LogP contribution in [0.1, 0.15) is 95.5 Å². The fourth-order valence-electron chi connectivity index (χ4n) is 10.6. The Morgan fingerprint density at radius 1 is 0.206 bits per heavy atom. The molecule has 0 aliphatic rings. The van der Waals surface area contributed by atoms with Crippen LogP contribution in [0.25, 0.3) is 32.3 Å². The van der Waals surface area contributed by atoms with E-state index in [1.807, 2.05) is 0 Å². The second kappa shape index (κ2) is 32.1. The Hall–Kier alpha value is -13.7. The first-order valence-electron chi connectivity index (χ1n) is 31.5. The summed E-state index contributed by atoms with van der Waals surface area (Å²) in [5.74, 6) is -9.76. The molecular formula is C84H60O18. The Morgan fingerprint density at radius 3 is 0.431 bits per heavy atom. The normalized spacial score (nSPS) is 10.7. The first-order valence-corrected chi connectivity index (χ1v) is 31.5. The molecule has 10 aromatic carbocycles. The predicted octanol–water partition coefficient (Wildman–Crippen LogP) is 14.2. The van der Waals surface area contributed by atoms with Gasteiger partial charge in [-0.05, 0) is 211 Å². The molecule has 0 saturated carbocycles. The van der Waals surface area contributed by atoms with Gasteiger partial charge in [0.05, 0.1) is 33.4 Å². The van der Waals surface area contributed by atoms with E-state index in [0.717, 1.165) is 0 Å². The van der Waals surface area contributed by atoms with Crippen molar-refractivity contribution in [1.82, 2.24) is 0 Å². The number of ketones is 6. The summed E-state index contributed by atoms with van der Waals surface area (Å²) in [5, 5.41) is 0.791. The number of hydrogen-bond acceptors (Lipinski definition) is 18. The van der Waals surface area contributed by atoms with Gasteiger partial charge in [0.25, 0.3) is 0 Å². The Morgan fingerprint density at radius 2 is 0.324 bits per heavy atom. The van der Waals surface area contributed by atoms with Crippen molar-refractivity contribution in [3.8, 4) is 34.5 Å². The maximum Gasteiger partial charge on any atom is 0.343 e. The standard InChI is InChI=1S/C84H60O18/c1-7-61(85)37-49-13-25-55(26-14-49)79(91)97-73-43-67-68(44-74(73)98-80(92)56-27-15-50(16-28-56)38-62(86)8-2)70-46-76(100-82(94)58-31-19-52(20-32-58)40-64(88)10-4)78(102-84(96)60-35-23-54(24-36-60)42-66(90)12-6)48-72(70)71-47-77(101-83(95)59-33-21-53(22-34-59)41-65(89)11-5)75(45-69(67)71)99-81(93)57-29-17-51(18-30-57)39-63(87)9-3/h7-36,43-48H,1-6,37-42H2. The zero-order chi connectivity index (χ0) is 72.7. The molecule has 0 saturated heterocycles. The monoisotopic (exact) mass is 1360 g/mol. The highest BCUT2D eigenvalue weighted by Gasteiger charge is 2.27. The molecule has 0 spiro atoms. The molecule has 0 radical (unpaired) electrons. The van der Waals surface area contributed by atoms with Crippen LogP contribution in [0.2, 0.25) is 0 Å². The molecule has 102 heavy (non-hydrogen) atoms. The molecule has 0 aromatic heterocycles. The average molecular weight is 1360 g/mol. The van der Waals surface area contributed by atoms with E-state index >= 15 is 0 Å².